The summed E-state index contributed by atoms with van der Waals surface area (Å²) in [6.45, 7) is 4.13. The molecule has 1 atom stereocenters. The van der Waals surface area contributed by atoms with Gasteiger partial charge in [-0.05, 0) is 31.4 Å². The van der Waals surface area contributed by atoms with Crippen molar-refractivity contribution >= 4 is 5.97 Å². The number of rotatable bonds is 7. The first-order valence-electron chi connectivity index (χ1n) is 6.66. The van der Waals surface area contributed by atoms with Crippen molar-refractivity contribution in [3.05, 3.63) is 29.8 Å². The zero-order valence-corrected chi connectivity index (χ0v) is 11.1. The van der Waals surface area contributed by atoms with Crippen LogP contribution in [0.25, 0.3) is 0 Å². The molecule has 0 saturated carbocycles. The topological polar surface area (TPSA) is 46.2 Å². The second kappa shape index (κ2) is 7.75. The van der Waals surface area contributed by atoms with Gasteiger partial charge in [0.2, 0.25) is 0 Å². The molecule has 0 bridgehead atoms. The molecule has 0 spiro atoms. The molecule has 18 heavy (non-hydrogen) atoms. The first-order valence-corrected chi connectivity index (χ1v) is 6.66. The Balaban J connectivity index is 2.54. The van der Waals surface area contributed by atoms with Crippen molar-refractivity contribution in [3.8, 4) is 5.75 Å². The highest BCUT2D eigenvalue weighted by Crippen LogP contribution is 2.20. The number of hydrogen-bond acceptors (Lipinski definition) is 2. The highest BCUT2D eigenvalue weighted by atomic mass is 16.5. The maximum absolute atomic E-state index is 11.8. The second-order valence-corrected chi connectivity index (χ2v) is 4.43. The predicted octanol–water partition coefficient (Wildman–Crippen LogP) is 4.35. The Morgan fingerprint density at radius 1 is 1.22 bits per heavy atom. The van der Waals surface area contributed by atoms with Crippen LogP contribution in [0.5, 0.6) is 5.75 Å². The van der Waals surface area contributed by atoms with Crippen molar-refractivity contribution in [2.24, 2.45) is 0 Å². The summed E-state index contributed by atoms with van der Waals surface area (Å²) in [5.74, 6) is -0.769. The van der Waals surface area contributed by atoms with Crippen LogP contribution in [0.1, 0.15) is 56.3 Å². The maximum Gasteiger partial charge on any atom is 0.342 e. The normalized spacial score (nSPS) is 12.1. The number of para-hydroxylation sites is 1. The summed E-state index contributed by atoms with van der Waals surface area (Å²) in [4.78, 5) is 11.8. The van der Waals surface area contributed by atoms with Crippen LogP contribution < -0.4 is 0 Å². The first kappa shape index (κ1) is 14.6. The van der Waals surface area contributed by atoms with Crippen LogP contribution >= 0.6 is 0 Å². The van der Waals surface area contributed by atoms with E-state index in [-0.39, 0.29) is 17.4 Å². The number of benzene rings is 1. The lowest BCUT2D eigenvalue weighted by molar-refractivity contribution is 0.0262. The summed E-state index contributed by atoms with van der Waals surface area (Å²) in [7, 11) is 0. The van der Waals surface area contributed by atoms with E-state index in [2.05, 4.69) is 6.92 Å². The van der Waals surface area contributed by atoms with Crippen molar-refractivity contribution in [3.63, 3.8) is 0 Å². The van der Waals surface area contributed by atoms with Gasteiger partial charge in [-0.3, -0.25) is 5.11 Å². The molecule has 1 unspecified atom stereocenters. The third-order valence-corrected chi connectivity index (χ3v) is 2.97. The molecule has 0 saturated heterocycles. The van der Waals surface area contributed by atoms with E-state index < -0.39 is 5.97 Å². The van der Waals surface area contributed by atoms with Gasteiger partial charge in [0.25, 0.3) is 0 Å². The minimum Gasteiger partial charge on any atom is -0.459 e. The van der Waals surface area contributed by atoms with E-state index in [0.29, 0.717) is 0 Å². The van der Waals surface area contributed by atoms with Crippen LogP contribution in [0.4, 0.5) is 0 Å². The van der Waals surface area contributed by atoms with E-state index in [9.17, 15) is 9.90 Å². The molecule has 1 aromatic carbocycles. The molecule has 0 heterocycles. The minimum absolute atomic E-state index is 0.0799. The van der Waals surface area contributed by atoms with Crippen LogP contribution in [-0.2, 0) is 9.84 Å². The van der Waals surface area contributed by atoms with E-state index in [4.69, 9.17) is 4.74 Å². The fourth-order valence-electron chi connectivity index (χ4n) is 1.82. The molecule has 0 aliphatic heterocycles. The Labute approximate surface area is 109 Å². The summed E-state index contributed by atoms with van der Waals surface area (Å²) in [6.07, 6.45) is 4.93. The van der Waals surface area contributed by atoms with Crippen molar-refractivity contribution in [1.82, 2.24) is 0 Å². The van der Waals surface area contributed by atoms with Gasteiger partial charge < -0.3 is 4.74 Å². The lowest BCUT2D eigenvalue weighted by Crippen LogP contribution is -2.17. The zero-order chi connectivity index (χ0) is 13.4. The van der Waals surface area contributed by atoms with Gasteiger partial charge in [0.15, 0.2) is 5.75 Å². The number of esters is 1. The average molecular weight is 249 g/mol. The monoisotopic (exact) mass is 249 g/mol. The number of unbranched alkanes of at least 4 members (excludes halogenated alkanes) is 2. The first-order chi connectivity index (χ1) is 8.69. The van der Waals surface area contributed by atoms with Crippen LogP contribution in [0.3, 0.4) is 0 Å². The quantitative estimate of drug-likeness (QED) is 0.533. The third-order valence-electron chi connectivity index (χ3n) is 2.97. The van der Waals surface area contributed by atoms with Gasteiger partial charge in [-0.15, -0.1) is 0 Å². The summed E-state index contributed by atoms with van der Waals surface area (Å²) >= 11 is 0. The predicted molar refractivity (Wildman–Crippen MR) is 70.2 cm³/mol. The lowest BCUT2D eigenvalue weighted by atomic mass is 10.1. The molecule has 0 fully saturated rings. The summed E-state index contributed by atoms with van der Waals surface area (Å²) in [5, 5.41) is 11.5. The zero-order valence-electron chi connectivity index (χ0n) is 11.1. The van der Waals surface area contributed by atoms with Crippen LogP contribution in [0.15, 0.2) is 24.3 Å². The van der Waals surface area contributed by atoms with Gasteiger partial charge in [0.05, 0.1) is 0 Å². The minimum atomic E-state index is -0.496. The lowest BCUT2D eigenvalue weighted by Gasteiger charge is -2.16. The average Bonchev–Trinajstić information content (AvgIpc) is 2.38. The molecule has 0 aliphatic carbocycles. The smallest absolute Gasteiger partial charge is 0.342 e. The molecule has 99 valence electrons. The SMILES string of the molecule is CCCCCC(CC)OC(=O)c1ccccc1[O]. The molecule has 1 radical (unpaired) electrons. The summed E-state index contributed by atoms with van der Waals surface area (Å²) in [6, 6.07) is 6.20. The van der Waals surface area contributed by atoms with E-state index in [1.54, 1.807) is 12.1 Å². The van der Waals surface area contributed by atoms with Crippen molar-refractivity contribution in [1.29, 1.82) is 0 Å². The second-order valence-electron chi connectivity index (χ2n) is 4.43. The molecule has 1 rings (SSSR count). The Bertz CT molecular complexity index is 374. The Morgan fingerprint density at radius 3 is 2.56 bits per heavy atom. The van der Waals surface area contributed by atoms with Crippen molar-refractivity contribution in [2.75, 3.05) is 0 Å². The fourth-order valence-corrected chi connectivity index (χ4v) is 1.82. The maximum atomic E-state index is 11.8. The van der Waals surface area contributed by atoms with Gasteiger partial charge in [-0.2, -0.15) is 0 Å². The molecule has 0 N–H and O–H groups in total. The largest absolute Gasteiger partial charge is 0.459 e. The third kappa shape index (κ3) is 4.40. The molecule has 0 aliphatic rings. The van der Waals surface area contributed by atoms with Crippen molar-refractivity contribution < 1.29 is 14.6 Å². The molecule has 3 nitrogen and oxygen atoms in total. The van der Waals surface area contributed by atoms with Gasteiger partial charge in [0, 0.05) is 0 Å². The summed E-state index contributed by atoms with van der Waals surface area (Å²) in [5.41, 5.74) is 0.131. The van der Waals surface area contributed by atoms with Crippen LogP contribution in [0.2, 0.25) is 0 Å². The number of carbonyl (C=O) groups excluding carboxylic acids is 1. The molecule has 3 heteroatoms. The van der Waals surface area contributed by atoms with Gasteiger partial charge >= 0.3 is 5.97 Å². The van der Waals surface area contributed by atoms with Gasteiger partial charge in [0.1, 0.15) is 11.7 Å². The number of carbonyl (C=O) groups is 1. The van der Waals surface area contributed by atoms with Crippen LogP contribution in [-0.4, -0.2) is 12.1 Å². The van der Waals surface area contributed by atoms with Crippen LogP contribution in [0, 0.1) is 0 Å². The highest BCUT2D eigenvalue weighted by Gasteiger charge is 2.17. The van der Waals surface area contributed by atoms with E-state index in [1.807, 2.05) is 6.92 Å². The standard InChI is InChI=1S/C15H21O3/c1-3-5-6-9-12(4-2)18-15(17)13-10-7-8-11-14(13)16/h7-8,10-12H,3-6,9H2,1-2H3. The highest BCUT2D eigenvalue weighted by molar-refractivity contribution is 5.92. The molecule has 0 aromatic heterocycles. The van der Waals surface area contributed by atoms with Gasteiger partial charge in [-0.1, -0.05) is 38.8 Å². The van der Waals surface area contributed by atoms with E-state index >= 15 is 0 Å². The fraction of sp³-hybridized carbons (Fsp3) is 0.533. The Kier molecular flexibility index (Phi) is 6.26. The van der Waals surface area contributed by atoms with Gasteiger partial charge in [-0.25, -0.2) is 4.79 Å². The van der Waals surface area contributed by atoms with E-state index in [1.165, 1.54) is 12.1 Å². The summed E-state index contributed by atoms with van der Waals surface area (Å²) < 4.78 is 5.37. The molecule has 1 aromatic rings. The number of ether oxygens (including phenoxy) is 1. The Morgan fingerprint density at radius 2 is 1.94 bits per heavy atom. The molecular formula is C15H21O3. The molecular weight excluding hydrogens is 228 g/mol. The molecule has 0 amide bonds. The van der Waals surface area contributed by atoms with E-state index in [0.717, 1.165) is 32.1 Å². The van der Waals surface area contributed by atoms with Crippen molar-refractivity contribution in [2.45, 2.75) is 52.1 Å². The number of hydrogen-bond donors (Lipinski definition) is 0. The Hall–Kier alpha value is -1.51.